The molecule has 1 heterocycles. The Labute approximate surface area is 124 Å². The van der Waals surface area contributed by atoms with Crippen molar-refractivity contribution in [3.63, 3.8) is 0 Å². The van der Waals surface area contributed by atoms with E-state index in [2.05, 4.69) is 0 Å². The van der Waals surface area contributed by atoms with Crippen molar-refractivity contribution in [1.82, 2.24) is 4.90 Å². The number of aromatic hydroxyl groups is 1. The van der Waals surface area contributed by atoms with E-state index in [1.165, 1.54) is 19.3 Å². The second-order valence-electron chi connectivity index (χ2n) is 6.34. The molecule has 108 valence electrons. The number of benzene rings is 2. The van der Waals surface area contributed by atoms with Gasteiger partial charge in [0.2, 0.25) is 0 Å². The third-order valence-corrected chi connectivity index (χ3v) is 5.14. The predicted molar refractivity (Wildman–Crippen MR) is 82.3 cm³/mol. The molecule has 1 aliphatic heterocycles. The molecule has 2 fully saturated rings. The van der Waals surface area contributed by atoms with Gasteiger partial charge in [0.05, 0.1) is 5.56 Å². The van der Waals surface area contributed by atoms with Gasteiger partial charge >= 0.3 is 0 Å². The summed E-state index contributed by atoms with van der Waals surface area (Å²) in [7, 11) is 0. The van der Waals surface area contributed by atoms with Crippen LogP contribution in [0.25, 0.3) is 10.8 Å². The normalized spacial score (nSPS) is 24.5. The summed E-state index contributed by atoms with van der Waals surface area (Å²) in [5, 5.41) is 12.2. The lowest BCUT2D eigenvalue weighted by Crippen LogP contribution is -2.29. The maximum atomic E-state index is 12.7. The molecule has 0 aromatic heterocycles. The van der Waals surface area contributed by atoms with Crippen LogP contribution in [-0.2, 0) is 0 Å². The van der Waals surface area contributed by atoms with Crippen molar-refractivity contribution in [1.29, 1.82) is 0 Å². The summed E-state index contributed by atoms with van der Waals surface area (Å²) in [5.74, 6) is 1.45. The molecule has 21 heavy (non-hydrogen) atoms. The molecule has 0 bridgehead atoms. The van der Waals surface area contributed by atoms with Gasteiger partial charge in [-0.05, 0) is 36.1 Å². The quantitative estimate of drug-likeness (QED) is 0.870. The van der Waals surface area contributed by atoms with E-state index in [9.17, 15) is 9.90 Å². The van der Waals surface area contributed by atoms with Gasteiger partial charge in [0, 0.05) is 18.5 Å². The summed E-state index contributed by atoms with van der Waals surface area (Å²) >= 11 is 0. The van der Waals surface area contributed by atoms with Gasteiger partial charge in [-0.2, -0.15) is 0 Å². The monoisotopic (exact) mass is 281 g/mol. The highest BCUT2D eigenvalue weighted by atomic mass is 16.3. The lowest BCUT2D eigenvalue weighted by atomic mass is 10.0. The van der Waals surface area contributed by atoms with Crippen molar-refractivity contribution in [2.45, 2.75) is 19.3 Å². The number of nitrogens with zero attached hydrogens (tertiary/aromatic N) is 1. The van der Waals surface area contributed by atoms with E-state index >= 15 is 0 Å². The number of fused-ring (bicyclic) bond motifs is 2. The highest BCUT2D eigenvalue weighted by Gasteiger charge is 2.38. The second kappa shape index (κ2) is 4.76. The first-order valence-corrected chi connectivity index (χ1v) is 7.74. The zero-order valence-corrected chi connectivity index (χ0v) is 12.0. The fourth-order valence-corrected chi connectivity index (χ4v) is 4.00. The van der Waals surface area contributed by atoms with E-state index in [1.807, 2.05) is 35.2 Å². The molecule has 0 radical (unpaired) electrons. The second-order valence-corrected chi connectivity index (χ2v) is 6.34. The molecule has 2 aromatic rings. The average Bonchev–Trinajstić information content (AvgIpc) is 3.08. The van der Waals surface area contributed by atoms with Crippen LogP contribution < -0.4 is 0 Å². The fraction of sp³-hybridized carbons (Fsp3) is 0.389. The lowest BCUT2D eigenvalue weighted by Gasteiger charge is -2.18. The standard InChI is InChI=1S/C18H19NO2/c20-17-15-7-2-1-4-12(15)8-9-16(17)18(21)19-10-13-5-3-6-14(13)11-19/h1-2,4,7-9,13-14,20H,3,5-6,10-11H2. The highest BCUT2D eigenvalue weighted by molar-refractivity contribution is 6.03. The van der Waals surface area contributed by atoms with E-state index in [0.717, 1.165) is 23.9 Å². The maximum absolute atomic E-state index is 12.7. The van der Waals surface area contributed by atoms with Crippen molar-refractivity contribution in [3.8, 4) is 5.75 Å². The van der Waals surface area contributed by atoms with Crippen LogP contribution in [-0.4, -0.2) is 29.0 Å². The molecule has 1 N–H and O–H groups in total. The first kappa shape index (κ1) is 12.7. The van der Waals surface area contributed by atoms with Gasteiger partial charge in [-0.25, -0.2) is 0 Å². The van der Waals surface area contributed by atoms with Gasteiger partial charge in [0.15, 0.2) is 0 Å². The Kier molecular flexibility index (Phi) is 2.88. The summed E-state index contributed by atoms with van der Waals surface area (Å²) in [6.07, 6.45) is 3.80. The highest BCUT2D eigenvalue weighted by Crippen LogP contribution is 2.39. The largest absolute Gasteiger partial charge is 0.506 e. The third kappa shape index (κ3) is 1.99. The predicted octanol–water partition coefficient (Wildman–Crippen LogP) is 3.42. The molecule has 0 spiro atoms. The Hall–Kier alpha value is -2.03. The van der Waals surface area contributed by atoms with Crippen molar-refractivity contribution in [3.05, 3.63) is 42.0 Å². The molecular weight excluding hydrogens is 262 g/mol. The van der Waals surface area contributed by atoms with Crippen LogP contribution in [0.3, 0.4) is 0 Å². The van der Waals surface area contributed by atoms with Crippen LogP contribution in [0.15, 0.2) is 36.4 Å². The zero-order chi connectivity index (χ0) is 14.4. The van der Waals surface area contributed by atoms with Crippen LogP contribution in [0, 0.1) is 11.8 Å². The topological polar surface area (TPSA) is 40.5 Å². The number of amides is 1. The van der Waals surface area contributed by atoms with Crippen molar-refractivity contribution >= 4 is 16.7 Å². The van der Waals surface area contributed by atoms with Crippen LogP contribution >= 0.6 is 0 Å². The summed E-state index contributed by atoms with van der Waals surface area (Å²) in [6, 6.07) is 11.3. The number of carbonyl (C=O) groups is 1. The number of phenols is 1. The minimum atomic E-state index is -0.0207. The molecule has 2 aliphatic rings. The average molecular weight is 281 g/mol. The van der Waals surface area contributed by atoms with Crippen LogP contribution in [0.1, 0.15) is 29.6 Å². The molecule has 2 aromatic carbocycles. The number of hydrogen-bond donors (Lipinski definition) is 1. The number of carbonyl (C=O) groups excluding carboxylic acids is 1. The van der Waals surface area contributed by atoms with E-state index in [4.69, 9.17) is 0 Å². The van der Waals surface area contributed by atoms with E-state index < -0.39 is 0 Å². The first-order chi connectivity index (χ1) is 10.2. The Bertz CT molecular complexity index is 697. The molecule has 3 heteroatoms. The maximum Gasteiger partial charge on any atom is 0.257 e. The SMILES string of the molecule is O=C(c1ccc2ccccc2c1O)N1CC2CCCC2C1. The third-order valence-electron chi connectivity index (χ3n) is 5.14. The minimum Gasteiger partial charge on any atom is -0.506 e. The van der Waals surface area contributed by atoms with Gasteiger partial charge in [-0.3, -0.25) is 4.79 Å². The van der Waals surface area contributed by atoms with Crippen molar-refractivity contribution in [2.24, 2.45) is 11.8 Å². The van der Waals surface area contributed by atoms with Crippen molar-refractivity contribution in [2.75, 3.05) is 13.1 Å². The first-order valence-electron chi connectivity index (χ1n) is 7.74. The van der Waals surface area contributed by atoms with Crippen molar-refractivity contribution < 1.29 is 9.90 Å². The summed E-state index contributed by atoms with van der Waals surface area (Å²) in [4.78, 5) is 14.6. The number of hydrogen-bond acceptors (Lipinski definition) is 2. The molecule has 1 saturated carbocycles. The molecule has 2 unspecified atom stereocenters. The van der Waals surface area contributed by atoms with Gasteiger partial charge in [0.1, 0.15) is 5.75 Å². The van der Waals surface area contributed by atoms with Gasteiger partial charge in [-0.15, -0.1) is 0 Å². The smallest absolute Gasteiger partial charge is 0.257 e. The Morgan fingerprint density at radius 3 is 2.52 bits per heavy atom. The summed E-state index contributed by atoms with van der Waals surface area (Å²) in [6.45, 7) is 1.71. The summed E-state index contributed by atoms with van der Waals surface area (Å²) in [5.41, 5.74) is 0.439. The van der Waals surface area contributed by atoms with Gasteiger partial charge in [-0.1, -0.05) is 36.8 Å². The molecule has 2 atom stereocenters. The number of phenolic OH excluding ortho intramolecular Hbond substituents is 1. The molecule has 1 saturated heterocycles. The Morgan fingerprint density at radius 2 is 1.76 bits per heavy atom. The molecule has 3 nitrogen and oxygen atoms in total. The molecule has 4 rings (SSSR count). The minimum absolute atomic E-state index is 0.0207. The number of likely N-dealkylation sites (tertiary alicyclic amines) is 1. The summed E-state index contributed by atoms with van der Waals surface area (Å²) < 4.78 is 0. The number of rotatable bonds is 1. The molecular formula is C18H19NO2. The Balaban J connectivity index is 1.67. The van der Waals surface area contributed by atoms with Crippen LogP contribution in [0.4, 0.5) is 0 Å². The van der Waals surface area contributed by atoms with E-state index in [0.29, 0.717) is 17.4 Å². The molecule has 1 amide bonds. The van der Waals surface area contributed by atoms with E-state index in [-0.39, 0.29) is 11.7 Å². The Morgan fingerprint density at radius 1 is 1.05 bits per heavy atom. The lowest BCUT2D eigenvalue weighted by molar-refractivity contribution is 0.0778. The zero-order valence-electron chi connectivity index (χ0n) is 12.0. The van der Waals surface area contributed by atoms with Gasteiger partial charge in [0.25, 0.3) is 5.91 Å². The molecule has 1 aliphatic carbocycles. The van der Waals surface area contributed by atoms with Crippen LogP contribution in [0.5, 0.6) is 5.75 Å². The van der Waals surface area contributed by atoms with Gasteiger partial charge < -0.3 is 10.0 Å². The van der Waals surface area contributed by atoms with E-state index in [1.54, 1.807) is 6.07 Å². The van der Waals surface area contributed by atoms with Crippen LogP contribution in [0.2, 0.25) is 0 Å². The fourth-order valence-electron chi connectivity index (χ4n) is 4.00.